The van der Waals surface area contributed by atoms with Crippen molar-refractivity contribution in [3.05, 3.63) is 46.5 Å². The molecular weight excluding hydrogens is 258 g/mol. The molecule has 7 nitrogen and oxygen atoms in total. The summed E-state index contributed by atoms with van der Waals surface area (Å²) < 4.78 is 7.33. The van der Waals surface area contributed by atoms with E-state index >= 15 is 0 Å². The fourth-order valence-corrected chi connectivity index (χ4v) is 2.09. The topological polar surface area (TPSA) is 85.7 Å². The molecule has 0 saturated heterocycles. The van der Waals surface area contributed by atoms with Gasteiger partial charge in [-0.25, -0.2) is 0 Å². The molecule has 0 aliphatic rings. The van der Waals surface area contributed by atoms with Crippen molar-refractivity contribution in [2.45, 2.75) is 13.5 Å². The minimum Gasteiger partial charge on any atom is -0.494 e. The van der Waals surface area contributed by atoms with Gasteiger partial charge in [-0.05, 0) is 25.1 Å². The third kappa shape index (κ3) is 2.25. The molecule has 0 amide bonds. The van der Waals surface area contributed by atoms with Gasteiger partial charge in [-0.1, -0.05) is 5.21 Å². The first-order valence-electron chi connectivity index (χ1n) is 6.26. The van der Waals surface area contributed by atoms with Gasteiger partial charge in [-0.2, -0.15) is 5.21 Å². The van der Waals surface area contributed by atoms with Gasteiger partial charge >= 0.3 is 0 Å². The number of hydrogen-bond acceptors (Lipinski definition) is 5. The minimum absolute atomic E-state index is 0.0362. The van der Waals surface area contributed by atoms with Crippen molar-refractivity contribution in [2.75, 3.05) is 6.61 Å². The van der Waals surface area contributed by atoms with Gasteiger partial charge in [0.2, 0.25) is 0 Å². The molecule has 0 saturated carbocycles. The van der Waals surface area contributed by atoms with Crippen LogP contribution >= 0.6 is 0 Å². The van der Waals surface area contributed by atoms with E-state index in [1.165, 1.54) is 6.07 Å². The van der Waals surface area contributed by atoms with Gasteiger partial charge < -0.3 is 9.30 Å². The monoisotopic (exact) mass is 271 g/mol. The number of rotatable bonds is 4. The third-order valence-electron chi connectivity index (χ3n) is 2.96. The van der Waals surface area contributed by atoms with Crippen LogP contribution in [0.5, 0.6) is 5.75 Å². The van der Waals surface area contributed by atoms with Crippen LogP contribution in [-0.2, 0) is 6.54 Å². The van der Waals surface area contributed by atoms with E-state index in [1.54, 1.807) is 12.3 Å². The average molecular weight is 271 g/mol. The number of nitrogens with zero attached hydrogens (tertiary/aromatic N) is 4. The molecule has 1 N–H and O–H groups in total. The molecule has 0 atom stereocenters. The summed E-state index contributed by atoms with van der Waals surface area (Å²) in [5.41, 5.74) is 0.775. The normalized spacial score (nSPS) is 10.8. The van der Waals surface area contributed by atoms with Crippen LogP contribution in [0.4, 0.5) is 0 Å². The number of tetrazole rings is 1. The molecule has 102 valence electrons. The number of aromatic amines is 1. The van der Waals surface area contributed by atoms with Crippen LogP contribution in [0.3, 0.4) is 0 Å². The van der Waals surface area contributed by atoms with E-state index in [-0.39, 0.29) is 5.43 Å². The maximum absolute atomic E-state index is 12.0. The summed E-state index contributed by atoms with van der Waals surface area (Å²) in [6.07, 6.45) is 1.72. The van der Waals surface area contributed by atoms with Crippen molar-refractivity contribution in [3.8, 4) is 5.75 Å². The van der Waals surface area contributed by atoms with Crippen LogP contribution in [0.1, 0.15) is 12.7 Å². The lowest BCUT2D eigenvalue weighted by Crippen LogP contribution is -2.10. The molecule has 2 aromatic heterocycles. The number of benzene rings is 1. The Balaban J connectivity index is 2.10. The summed E-state index contributed by atoms with van der Waals surface area (Å²) >= 11 is 0. The maximum atomic E-state index is 12.0. The Kier molecular flexibility index (Phi) is 3.16. The van der Waals surface area contributed by atoms with Crippen molar-refractivity contribution >= 4 is 10.9 Å². The lowest BCUT2D eigenvalue weighted by atomic mass is 10.2. The molecule has 0 aliphatic heterocycles. The zero-order chi connectivity index (χ0) is 13.9. The smallest absolute Gasteiger partial charge is 0.194 e. The molecule has 3 rings (SSSR count). The Morgan fingerprint density at radius 1 is 1.35 bits per heavy atom. The van der Waals surface area contributed by atoms with Crippen LogP contribution in [0, 0.1) is 0 Å². The predicted octanol–water partition coefficient (Wildman–Crippen LogP) is 0.962. The van der Waals surface area contributed by atoms with Crippen LogP contribution in [-0.4, -0.2) is 31.8 Å². The first-order chi connectivity index (χ1) is 9.78. The molecule has 0 unspecified atom stereocenters. The second-order valence-corrected chi connectivity index (χ2v) is 4.25. The number of pyridine rings is 1. The number of H-pyrrole nitrogens is 1. The standard InChI is InChI=1S/C13H13N5O2/c1-2-20-9-3-4-11-10(7-9)12(19)5-6-18(11)8-13-14-16-17-15-13/h3-7H,2,8H2,1H3,(H,14,15,16,17). The summed E-state index contributed by atoms with van der Waals surface area (Å²) in [4.78, 5) is 12.0. The summed E-state index contributed by atoms with van der Waals surface area (Å²) in [5.74, 6) is 1.25. The maximum Gasteiger partial charge on any atom is 0.194 e. The third-order valence-corrected chi connectivity index (χ3v) is 2.96. The molecule has 7 heteroatoms. The number of nitrogens with one attached hydrogen (secondary N) is 1. The van der Waals surface area contributed by atoms with E-state index in [9.17, 15) is 4.79 Å². The molecule has 0 radical (unpaired) electrons. The van der Waals surface area contributed by atoms with E-state index < -0.39 is 0 Å². The van der Waals surface area contributed by atoms with Crippen molar-refractivity contribution < 1.29 is 4.74 Å². The van der Waals surface area contributed by atoms with E-state index in [0.717, 1.165) is 5.52 Å². The van der Waals surface area contributed by atoms with E-state index in [1.807, 2.05) is 23.6 Å². The summed E-state index contributed by atoms with van der Waals surface area (Å²) in [6.45, 7) is 2.92. The minimum atomic E-state index is -0.0362. The Labute approximate surface area is 114 Å². The molecule has 0 bridgehead atoms. The molecule has 1 aromatic carbocycles. The molecule has 0 fully saturated rings. The van der Waals surface area contributed by atoms with Crippen molar-refractivity contribution in [1.29, 1.82) is 0 Å². The highest BCUT2D eigenvalue weighted by molar-refractivity contribution is 5.80. The zero-order valence-corrected chi connectivity index (χ0v) is 10.9. The first kappa shape index (κ1) is 12.3. The van der Waals surface area contributed by atoms with E-state index in [2.05, 4.69) is 20.6 Å². The van der Waals surface area contributed by atoms with Gasteiger partial charge in [0.1, 0.15) is 5.75 Å². The van der Waals surface area contributed by atoms with Gasteiger partial charge in [-0.3, -0.25) is 4.79 Å². The predicted molar refractivity (Wildman–Crippen MR) is 72.7 cm³/mol. The van der Waals surface area contributed by atoms with Crippen molar-refractivity contribution in [3.63, 3.8) is 0 Å². The highest BCUT2D eigenvalue weighted by atomic mass is 16.5. The molecule has 3 aromatic rings. The van der Waals surface area contributed by atoms with Gasteiger partial charge in [0, 0.05) is 17.6 Å². The summed E-state index contributed by atoms with van der Waals surface area (Å²) in [6, 6.07) is 6.99. The molecule has 0 aliphatic carbocycles. The molecule has 2 heterocycles. The van der Waals surface area contributed by atoms with Gasteiger partial charge in [-0.15, -0.1) is 10.2 Å². The van der Waals surface area contributed by atoms with Crippen LogP contribution < -0.4 is 10.2 Å². The lowest BCUT2D eigenvalue weighted by molar-refractivity contribution is 0.340. The lowest BCUT2D eigenvalue weighted by Gasteiger charge is -2.10. The number of ether oxygens (including phenoxy) is 1. The Morgan fingerprint density at radius 3 is 3.00 bits per heavy atom. The van der Waals surface area contributed by atoms with Crippen LogP contribution in [0.15, 0.2) is 35.3 Å². The van der Waals surface area contributed by atoms with Crippen molar-refractivity contribution in [2.24, 2.45) is 0 Å². The fraction of sp³-hybridized carbons (Fsp3) is 0.231. The van der Waals surface area contributed by atoms with Gasteiger partial charge in [0.05, 0.1) is 18.7 Å². The van der Waals surface area contributed by atoms with E-state index in [0.29, 0.717) is 30.1 Å². The average Bonchev–Trinajstić information content (AvgIpc) is 2.96. The summed E-state index contributed by atoms with van der Waals surface area (Å²) in [5, 5.41) is 14.4. The number of fused-ring (bicyclic) bond motifs is 1. The zero-order valence-electron chi connectivity index (χ0n) is 10.9. The largest absolute Gasteiger partial charge is 0.494 e. The number of aromatic nitrogens is 5. The highest BCUT2D eigenvalue weighted by Crippen LogP contribution is 2.18. The van der Waals surface area contributed by atoms with Gasteiger partial charge in [0.25, 0.3) is 0 Å². The second kappa shape index (κ2) is 5.12. The quantitative estimate of drug-likeness (QED) is 0.764. The number of hydrogen-bond donors (Lipinski definition) is 1. The van der Waals surface area contributed by atoms with Crippen LogP contribution in [0.25, 0.3) is 10.9 Å². The molecule has 20 heavy (non-hydrogen) atoms. The molecular formula is C13H13N5O2. The van der Waals surface area contributed by atoms with Crippen molar-refractivity contribution in [1.82, 2.24) is 25.2 Å². The Bertz CT molecular complexity index is 779. The van der Waals surface area contributed by atoms with E-state index in [4.69, 9.17) is 4.74 Å². The Morgan fingerprint density at radius 2 is 2.25 bits per heavy atom. The SMILES string of the molecule is CCOc1ccc2c(c1)c(=O)ccn2Cc1nn[nH]n1. The summed E-state index contributed by atoms with van der Waals surface area (Å²) in [7, 11) is 0. The Hall–Kier alpha value is -2.70. The van der Waals surface area contributed by atoms with Crippen LogP contribution in [0.2, 0.25) is 0 Å². The fourth-order valence-electron chi connectivity index (χ4n) is 2.09. The second-order valence-electron chi connectivity index (χ2n) is 4.25. The van der Waals surface area contributed by atoms with Gasteiger partial charge in [0.15, 0.2) is 11.3 Å². The highest BCUT2D eigenvalue weighted by Gasteiger charge is 2.07. The molecule has 0 spiro atoms. The first-order valence-corrected chi connectivity index (χ1v) is 6.26.